The molecule has 0 heterocycles. The number of hydrogen-bond donors (Lipinski definition) is 0. The molecule has 0 amide bonds. The zero-order valence-electron chi connectivity index (χ0n) is 35.9. The molecule has 15 heteroatoms. The molecule has 9 nitrogen and oxygen atoms in total. The molecule has 0 bridgehead atoms. The molecule has 0 saturated heterocycles. The molecule has 0 fully saturated rings. The molecule has 0 aliphatic carbocycles. The van der Waals surface area contributed by atoms with Crippen molar-refractivity contribution in [3.05, 3.63) is 0 Å². The Balaban J connectivity index is 5.46. The van der Waals surface area contributed by atoms with Gasteiger partial charge in [-0.2, -0.15) is 0 Å². The van der Waals surface area contributed by atoms with Crippen LogP contribution in [0.3, 0.4) is 0 Å². The van der Waals surface area contributed by atoms with Gasteiger partial charge in [0.15, 0.2) is 16.6 Å². The molecule has 308 valence electrons. The Kier molecular flexibility index (Phi) is 30.7. The van der Waals surface area contributed by atoms with Crippen LogP contribution >= 0.6 is 0 Å². The molecule has 3 atom stereocenters. The molecule has 0 aromatic heterocycles. The molecule has 0 radical (unpaired) electrons. The predicted octanol–water partition coefficient (Wildman–Crippen LogP) is 9.87. The van der Waals surface area contributed by atoms with Crippen molar-refractivity contribution in [3.8, 4) is 0 Å². The summed E-state index contributed by atoms with van der Waals surface area (Å²) in [6.07, 6.45) is 16.1. The number of rotatable bonds is 38. The van der Waals surface area contributed by atoms with E-state index in [1.165, 1.54) is 76.7 Å². The zero-order chi connectivity index (χ0) is 38.5. The normalized spacial score (nSPS) is 16.5. The lowest BCUT2D eigenvalue weighted by Crippen LogP contribution is -2.59. The molecule has 0 saturated carbocycles. The van der Waals surface area contributed by atoms with Crippen molar-refractivity contribution in [2.45, 2.75) is 173 Å². The van der Waals surface area contributed by atoms with Crippen LogP contribution in [0.25, 0.3) is 0 Å². The fourth-order valence-electron chi connectivity index (χ4n) is 6.48. The standard InChI is InChI=1S/C36H86O9Si6/c1-13-14-15-16-20-23-34-49(10,42-46-4)44-51(12,36-25-26-39-29-30-41-32-31-40-28-27-37-2)45-50(11,43-47(5,6)7)35-24-21-18-17-19-22-33-48(8,9)38-3/h13-36,46H2,1-12H3. The summed E-state index contributed by atoms with van der Waals surface area (Å²) in [4.78, 5) is 0. The smallest absolute Gasteiger partial charge is 0.317 e. The first-order valence-corrected chi connectivity index (χ1v) is 36.7. The molecular formula is C36H86O9Si6. The number of methoxy groups -OCH3 is 1. The second kappa shape index (κ2) is 30.1. The van der Waals surface area contributed by atoms with Crippen LogP contribution < -0.4 is 0 Å². The van der Waals surface area contributed by atoms with E-state index in [2.05, 4.69) is 65.8 Å². The van der Waals surface area contributed by atoms with E-state index in [-0.39, 0.29) is 0 Å². The summed E-state index contributed by atoms with van der Waals surface area (Å²) in [5.41, 5.74) is 0. The molecule has 0 spiro atoms. The van der Waals surface area contributed by atoms with Crippen LogP contribution in [0.4, 0.5) is 0 Å². The Bertz CT molecular complexity index is 814. The van der Waals surface area contributed by atoms with E-state index in [1.807, 2.05) is 7.11 Å². The van der Waals surface area contributed by atoms with Crippen molar-refractivity contribution >= 4 is 52.1 Å². The molecule has 0 aliphatic heterocycles. The maximum absolute atomic E-state index is 7.42. The number of ether oxygens (including phenoxy) is 4. The average Bonchev–Trinajstić information content (AvgIpc) is 3.03. The van der Waals surface area contributed by atoms with Gasteiger partial charge in [0.2, 0.25) is 0 Å². The lowest BCUT2D eigenvalue weighted by Gasteiger charge is -2.44. The summed E-state index contributed by atoms with van der Waals surface area (Å²) >= 11 is 0. The summed E-state index contributed by atoms with van der Waals surface area (Å²) in [5, 5.41) is 0. The largest absolute Gasteiger partial charge is 0.442 e. The van der Waals surface area contributed by atoms with Crippen LogP contribution in [0.2, 0.25) is 83.1 Å². The van der Waals surface area contributed by atoms with E-state index in [9.17, 15) is 0 Å². The van der Waals surface area contributed by atoms with Crippen LogP contribution in [0, 0.1) is 0 Å². The van der Waals surface area contributed by atoms with E-state index in [4.69, 9.17) is 39.8 Å². The third-order valence-corrected chi connectivity index (χ3v) is 30.3. The fraction of sp³-hybridized carbons (Fsp3) is 1.00. The van der Waals surface area contributed by atoms with E-state index < -0.39 is 52.1 Å². The molecule has 0 N–H and O–H groups in total. The van der Waals surface area contributed by atoms with Crippen molar-refractivity contribution in [3.63, 3.8) is 0 Å². The first kappa shape index (κ1) is 51.9. The van der Waals surface area contributed by atoms with Crippen molar-refractivity contribution in [1.82, 2.24) is 0 Å². The maximum atomic E-state index is 7.42. The van der Waals surface area contributed by atoms with Gasteiger partial charge in [0, 0.05) is 20.8 Å². The van der Waals surface area contributed by atoms with Gasteiger partial charge in [-0.3, -0.25) is 0 Å². The number of unbranched alkanes of at least 4 members (excludes halogenated alkanes) is 10. The van der Waals surface area contributed by atoms with Gasteiger partial charge in [0.05, 0.1) is 39.6 Å². The Labute approximate surface area is 324 Å². The quantitative estimate of drug-likeness (QED) is 0.0446. The van der Waals surface area contributed by atoms with Crippen LogP contribution in [-0.2, 0) is 39.8 Å². The van der Waals surface area contributed by atoms with Gasteiger partial charge in [0.1, 0.15) is 9.76 Å². The predicted molar refractivity (Wildman–Crippen MR) is 231 cm³/mol. The lowest BCUT2D eigenvalue weighted by atomic mass is 10.1. The summed E-state index contributed by atoms with van der Waals surface area (Å²) in [6, 6.07) is 4.21. The van der Waals surface area contributed by atoms with Crippen molar-refractivity contribution in [2.24, 2.45) is 0 Å². The lowest BCUT2D eigenvalue weighted by molar-refractivity contribution is 0.00364. The highest BCUT2D eigenvalue weighted by Crippen LogP contribution is 2.33. The monoisotopic (exact) mass is 830 g/mol. The van der Waals surface area contributed by atoms with Gasteiger partial charge in [-0.05, 0) is 83.0 Å². The van der Waals surface area contributed by atoms with Crippen molar-refractivity contribution in [2.75, 3.05) is 60.5 Å². The minimum absolute atomic E-state index is 0.565. The highest BCUT2D eigenvalue weighted by atomic mass is 28.5. The van der Waals surface area contributed by atoms with Gasteiger partial charge < -0.3 is 39.8 Å². The van der Waals surface area contributed by atoms with Crippen molar-refractivity contribution < 1.29 is 39.8 Å². The second-order valence-corrected chi connectivity index (χ2v) is 37.4. The van der Waals surface area contributed by atoms with E-state index in [0.29, 0.717) is 46.2 Å². The van der Waals surface area contributed by atoms with Gasteiger partial charge in [-0.15, -0.1) is 0 Å². The number of hydrogen-bond acceptors (Lipinski definition) is 9. The maximum Gasteiger partial charge on any atom is 0.317 e. The average molecular weight is 832 g/mol. The third-order valence-electron chi connectivity index (χ3n) is 9.13. The summed E-state index contributed by atoms with van der Waals surface area (Å²) < 4.78 is 56.4. The minimum atomic E-state index is -2.67. The highest BCUT2D eigenvalue weighted by molar-refractivity contribution is 6.89. The molecule has 3 unspecified atom stereocenters. The Morgan fingerprint density at radius 3 is 1.33 bits per heavy atom. The fourth-order valence-corrected chi connectivity index (χ4v) is 29.8. The SMILES string of the molecule is CCCCCCCC[Si](C)(O[SiH2]C)O[Si](C)(CCCOCCOCCOCCOC)O[Si](C)(CCCCCCCC[Si](C)(C)OC)O[Si](C)(C)C. The van der Waals surface area contributed by atoms with Gasteiger partial charge in [-0.1, -0.05) is 90.5 Å². The molecule has 0 aromatic carbocycles. The van der Waals surface area contributed by atoms with Crippen LogP contribution in [0.5, 0.6) is 0 Å². The zero-order valence-corrected chi connectivity index (χ0v) is 42.3. The topological polar surface area (TPSA) is 83.1 Å². The second-order valence-electron chi connectivity index (χ2n) is 16.3. The Hall–Kier alpha value is 0.941. The van der Waals surface area contributed by atoms with E-state index in [1.54, 1.807) is 7.11 Å². The molecule has 0 aromatic rings. The summed E-state index contributed by atoms with van der Waals surface area (Å²) in [7, 11) is -7.95. The first-order chi connectivity index (χ1) is 24.1. The Morgan fingerprint density at radius 2 is 0.843 bits per heavy atom. The molecule has 0 rings (SSSR count). The van der Waals surface area contributed by atoms with Crippen LogP contribution in [0.1, 0.15) is 90.4 Å². The van der Waals surface area contributed by atoms with Crippen molar-refractivity contribution in [1.29, 1.82) is 0 Å². The summed E-state index contributed by atoms with van der Waals surface area (Å²) in [5.74, 6) is 0. The van der Waals surface area contributed by atoms with Gasteiger partial charge in [0.25, 0.3) is 0 Å². The van der Waals surface area contributed by atoms with Crippen LogP contribution in [0.15, 0.2) is 0 Å². The highest BCUT2D eigenvalue weighted by Gasteiger charge is 2.48. The molecule has 51 heavy (non-hydrogen) atoms. The van der Waals surface area contributed by atoms with Gasteiger partial charge in [-0.25, -0.2) is 0 Å². The Morgan fingerprint density at radius 1 is 0.431 bits per heavy atom. The van der Waals surface area contributed by atoms with E-state index >= 15 is 0 Å². The van der Waals surface area contributed by atoms with Crippen LogP contribution in [-0.4, -0.2) is 113 Å². The minimum Gasteiger partial charge on any atom is -0.442 e. The first-order valence-electron chi connectivity index (χ1n) is 20.6. The van der Waals surface area contributed by atoms with Gasteiger partial charge >= 0.3 is 25.7 Å². The molecular weight excluding hydrogens is 745 g/mol. The molecule has 0 aliphatic rings. The summed E-state index contributed by atoms with van der Waals surface area (Å²) in [6.45, 7) is 27.1. The third kappa shape index (κ3) is 30.8. The van der Waals surface area contributed by atoms with E-state index in [0.717, 1.165) is 31.0 Å².